The summed E-state index contributed by atoms with van der Waals surface area (Å²) in [5.74, 6) is -2.57. The standard InChI is InChI=1S/C24H26O10/c1-33-23(31)15-7-3-13(4-8-15)11-17(25)19(27)21(29)22(30)20(28)18(26)12-14-5-9-16(10-6-14)24(32)34-2/h3-12,19-22,25-30H,1-2H3/t19-,20+,21-,22-/m1/s1. The molecule has 2 aromatic rings. The van der Waals surface area contributed by atoms with E-state index >= 15 is 0 Å². The van der Waals surface area contributed by atoms with E-state index in [9.17, 15) is 40.2 Å². The molecule has 0 radical (unpaired) electrons. The molecule has 0 spiro atoms. The number of methoxy groups -OCH3 is 2. The van der Waals surface area contributed by atoms with Crippen molar-refractivity contribution in [3.05, 3.63) is 82.3 Å². The van der Waals surface area contributed by atoms with Gasteiger partial charge >= 0.3 is 11.9 Å². The first-order valence-electron chi connectivity index (χ1n) is 9.99. The molecule has 0 aromatic heterocycles. The first-order valence-corrected chi connectivity index (χ1v) is 9.99. The van der Waals surface area contributed by atoms with Gasteiger partial charge in [0.15, 0.2) is 0 Å². The molecule has 0 saturated carbocycles. The molecule has 0 amide bonds. The Morgan fingerprint density at radius 2 is 0.941 bits per heavy atom. The maximum atomic E-state index is 11.5. The van der Waals surface area contributed by atoms with Crippen LogP contribution in [0.25, 0.3) is 12.2 Å². The van der Waals surface area contributed by atoms with Crippen molar-refractivity contribution < 1.29 is 49.7 Å². The monoisotopic (exact) mass is 474 g/mol. The molecule has 10 heteroatoms. The van der Waals surface area contributed by atoms with Gasteiger partial charge in [-0.05, 0) is 47.5 Å². The van der Waals surface area contributed by atoms with E-state index in [2.05, 4.69) is 9.47 Å². The fourth-order valence-electron chi connectivity index (χ4n) is 2.90. The van der Waals surface area contributed by atoms with E-state index in [4.69, 9.17) is 0 Å². The minimum absolute atomic E-state index is 0.264. The van der Waals surface area contributed by atoms with Crippen LogP contribution < -0.4 is 0 Å². The summed E-state index contributed by atoms with van der Waals surface area (Å²) in [7, 11) is 2.46. The highest BCUT2D eigenvalue weighted by atomic mass is 16.5. The summed E-state index contributed by atoms with van der Waals surface area (Å²) in [4.78, 5) is 22.9. The van der Waals surface area contributed by atoms with Crippen LogP contribution in [0.4, 0.5) is 0 Å². The molecule has 0 aliphatic rings. The lowest BCUT2D eigenvalue weighted by molar-refractivity contribution is -0.0996. The van der Waals surface area contributed by atoms with Crippen LogP contribution in [-0.4, -0.2) is 81.2 Å². The summed E-state index contributed by atoms with van der Waals surface area (Å²) in [6.45, 7) is 0. The van der Waals surface area contributed by atoms with Crippen molar-refractivity contribution in [2.24, 2.45) is 0 Å². The van der Waals surface area contributed by atoms with E-state index in [1.165, 1.54) is 62.8 Å². The first kappa shape index (κ1) is 26.6. The molecule has 4 atom stereocenters. The van der Waals surface area contributed by atoms with E-state index in [-0.39, 0.29) is 11.1 Å². The highest BCUT2D eigenvalue weighted by Gasteiger charge is 2.34. The molecule has 0 aliphatic heterocycles. The fourth-order valence-corrected chi connectivity index (χ4v) is 2.90. The summed E-state index contributed by atoms with van der Waals surface area (Å²) in [5.41, 5.74) is 1.26. The predicted octanol–water partition coefficient (Wildman–Crippen LogP) is 1.20. The van der Waals surface area contributed by atoms with Gasteiger partial charge < -0.3 is 40.1 Å². The number of hydrogen-bond acceptors (Lipinski definition) is 10. The van der Waals surface area contributed by atoms with Gasteiger partial charge in [0, 0.05) is 0 Å². The SMILES string of the molecule is COC(=O)c1ccc(C=C(O)[C@@H](O)[C@@H](O)[C@H](O)[C@@H](O)C(O)=Cc2ccc(C(=O)OC)cc2)cc1. The molecule has 6 N–H and O–H groups in total. The Morgan fingerprint density at radius 1 is 0.647 bits per heavy atom. The van der Waals surface area contributed by atoms with Gasteiger partial charge in [-0.1, -0.05) is 24.3 Å². The van der Waals surface area contributed by atoms with Crippen LogP contribution in [-0.2, 0) is 9.47 Å². The number of benzene rings is 2. The maximum absolute atomic E-state index is 11.5. The maximum Gasteiger partial charge on any atom is 0.337 e. The van der Waals surface area contributed by atoms with Crippen molar-refractivity contribution in [3.63, 3.8) is 0 Å². The van der Waals surface area contributed by atoms with Gasteiger partial charge in [0.2, 0.25) is 0 Å². The average molecular weight is 474 g/mol. The van der Waals surface area contributed by atoms with E-state index in [0.717, 1.165) is 12.2 Å². The number of aliphatic hydroxyl groups excluding tert-OH is 6. The second kappa shape index (κ2) is 12.0. The molecule has 0 heterocycles. The highest BCUT2D eigenvalue weighted by Crippen LogP contribution is 2.19. The minimum atomic E-state index is -2.07. The second-order valence-corrected chi connectivity index (χ2v) is 7.24. The normalized spacial score (nSPS) is 15.7. The molecule has 2 aromatic carbocycles. The van der Waals surface area contributed by atoms with Crippen LogP contribution in [0.1, 0.15) is 31.8 Å². The molecule has 0 aliphatic carbocycles. The zero-order valence-electron chi connectivity index (χ0n) is 18.4. The van der Waals surface area contributed by atoms with Gasteiger partial charge in [0.25, 0.3) is 0 Å². The van der Waals surface area contributed by atoms with Crippen LogP contribution in [0.5, 0.6) is 0 Å². The third kappa shape index (κ3) is 6.65. The van der Waals surface area contributed by atoms with E-state index in [1.54, 1.807) is 0 Å². The number of hydrogen-bond donors (Lipinski definition) is 6. The van der Waals surface area contributed by atoms with Crippen molar-refractivity contribution in [1.29, 1.82) is 0 Å². The van der Waals surface area contributed by atoms with Crippen molar-refractivity contribution in [2.45, 2.75) is 24.4 Å². The van der Waals surface area contributed by atoms with E-state index < -0.39 is 47.9 Å². The summed E-state index contributed by atoms with van der Waals surface area (Å²) >= 11 is 0. The predicted molar refractivity (Wildman–Crippen MR) is 121 cm³/mol. The van der Waals surface area contributed by atoms with Crippen LogP contribution in [0, 0.1) is 0 Å². The van der Waals surface area contributed by atoms with Crippen molar-refractivity contribution in [1.82, 2.24) is 0 Å². The van der Waals surface area contributed by atoms with Gasteiger partial charge in [-0.15, -0.1) is 0 Å². The molecule has 0 unspecified atom stereocenters. The smallest absolute Gasteiger partial charge is 0.337 e. The third-order valence-electron chi connectivity index (χ3n) is 4.90. The van der Waals surface area contributed by atoms with Gasteiger partial charge in [-0.2, -0.15) is 0 Å². The Morgan fingerprint density at radius 3 is 1.21 bits per heavy atom. The van der Waals surface area contributed by atoms with Gasteiger partial charge in [-0.25, -0.2) is 9.59 Å². The lowest BCUT2D eigenvalue weighted by Gasteiger charge is -2.26. The van der Waals surface area contributed by atoms with Crippen molar-refractivity contribution in [3.8, 4) is 0 Å². The number of carbonyl (C=O) groups is 2. The number of carbonyl (C=O) groups excluding carboxylic acids is 2. The Balaban J connectivity index is 2.09. The van der Waals surface area contributed by atoms with E-state index in [1.807, 2.05) is 0 Å². The van der Waals surface area contributed by atoms with Gasteiger partial charge in [-0.3, -0.25) is 0 Å². The molecule has 10 nitrogen and oxygen atoms in total. The zero-order chi connectivity index (χ0) is 25.4. The Kier molecular flexibility index (Phi) is 9.34. The fraction of sp³-hybridized carbons (Fsp3) is 0.250. The summed E-state index contributed by atoms with van der Waals surface area (Å²) in [6, 6.07) is 11.5. The van der Waals surface area contributed by atoms with Crippen LogP contribution in [0.2, 0.25) is 0 Å². The first-order chi connectivity index (χ1) is 16.1. The Labute approximate surface area is 195 Å². The zero-order valence-corrected chi connectivity index (χ0v) is 18.4. The molecule has 0 fully saturated rings. The topological polar surface area (TPSA) is 174 Å². The molecule has 0 bridgehead atoms. The molecule has 182 valence electrons. The molecular weight excluding hydrogens is 448 g/mol. The second-order valence-electron chi connectivity index (χ2n) is 7.24. The lowest BCUT2D eigenvalue weighted by Crippen LogP contribution is -2.45. The Hall–Kier alpha value is -3.70. The average Bonchev–Trinajstić information content (AvgIpc) is 2.86. The number of rotatable bonds is 9. The molecular formula is C24H26O10. The summed E-state index contributed by atoms with van der Waals surface area (Å²) < 4.78 is 9.16. The minimum Gasteiger partial charge on any atom is -0.509 e. The number of esters is 2. The van der Waals surface area contributed by atoms with Crippen LogP contribution in [0.3, 0.4) is 0 Å². The van der Waals surface area contributed by atoms with E-state index in [0.29, 0.717) is 11.1 Å². The lowest BCUT2D eigenvalue weighted by atomic mass is 9.98. The quantitative estimate of drug-likeness (QED) is 0.229. The van der Waals surface area contributed by atoms with Crippen molar-refractivity contribution >= 4 is 24.1 Å². The number of ether oxygens (including phenoxy) is 2. The number of aliphatic hydroxyl groups is 6. The van der Waals surface area contributed by atoms with Crippen molar-refractivity contribution in [2.75, 3.05) is 14.2 Å². The molecule has 0 saturated heterocycles. The van der Waals surface area contributed by atoms with Gasteiger partial charge in [0.1, 0.15) is 35.9 Å². The van der Waals surface area contributed by atoms with Gasteiger partial charge in [0.05, 0.1) is 25.3 Å². The van der Waals surface area contributed by atoms with Crippen LogP contribution in [0.15, 0.2) is 60.0 Å². The third-order valence-corrected chi connectivity index (χ3v) is 4.90. The van der Waals surface area contributed by atoms with Crippen LogP contribution >= 0.6 is 0 Å². The summed E-state index contributed by atoms with van der Waals surface area (Å²) in [5, 5.41) is 60.9. The highest BCUT2D eigenvalue weighted by molar-refractivity contribution is 5.90. The largest absolute Gasteiger partial charge is 0.509 e. The molecule has 2 rings (SSSR count). The summed E-state index contributed by atoms with van der Waals surface area (Å²) in [6.07, 6.45) is -5.97. The molecule has 34 heavy (non-hydrogen) atoms. The Bertz CT molecular complexity index is 955.